The predicted octanol–water partition coefficient (Wildman–Crippen LogP) is -0.185. The van der Waals surface area contributed by atoms with Crippen LogP contribution >= 0.6 is 0 Å². The van der Waals surface area contributed by atoms with Crippen molar-refractivity contribution in [1.29, 1.82) is 0 Å². The van der Waals surface area contributed by atoms with Crippen LogP contribution in [0.2, 0.25) is 0 Å². The number of ether oxygens (including phenoxy) is 1. The summed E-state index contributed by atoms with van der Waals surface area (Å²) < 4.78 is 5.26. The van der Waals surface area contributed by atoms with Crippen LogP contribution < -0.4 is 10.5 Å². The normalized spacial score (nSPS) is 12.3. The molecule has 7 heteroatoms. The molecule has 0 fully saturated rings. The number of rotatable bonds is 4. The van der Waals surface area contributed by atoms with E-state index < -0.39 is 12.0 Å². The van der Waals surface area contributed by atoms with Gasteiger partial charge in [0.25, 0.3) is 0 Å². The van der Waals surface area contributed by atoms with Gasteiger partial charge in [-0.1, -0.05) is 0 Å². The minimum Gasteiger partial charge on any atom is -0.480 e. The van der Waals surface area contributed by atoms with Crippen molar-refractivity contribution in [3.8, 4) is 5.88 Å². The van der Waals surface area contributed by atoms with Crippen molar-refractivity contribution in [2.45, 2.75) is 6.04 Å². The van der Waals surface area contributed by atoms with Gasteiger partial charge < -0.3 is 15.6 Å². The van der Waals surface area contributed by atoms with Crippen molar-refractivity contribution in [2.24, 2.45) is 5.73 Å². The van der Waals surface area contributed by atoms with Gasteiger partial charge in [0, 0.05) is 6.20 Å². The summed E-state index contributed by atoms with van der Waals surface area (Å²) in [4.78, 5) is 22.4. The first kappa shape index (κ1) is 11.2. The summed E-state index contributed by atoms with van der Waals surface area (Å²) in [7, 11) is 0. The highest BCUT2D eigenvalue weighted by Gasteiger charge is 2.13. The SMILES string of the molecule is NC(COc1ncnc2cnccc12)C(=O)O. The van der Waals surface area contributed by atoms with E-state index in [2.05, 4.69) is 15.0 Å². The Morgan fingerprint density at radius 3 is 3.12 bits per heavy atom. The summed E-state index contributed by atoms with van der Waals surface area (Å²) in [6, 6.07) is 0.610. The van der Waals surface area contributed by atoms with Crippen LogP contribution in [0.15, 0.2) is 24.8 Å². The minimum atomic E-state index is -1.12. The second kappa shape index (κ2) is 4.71. The largest absolute Gasteiger partial charge is 0.480 e. The minimum absolute atomic E-state index is 0.149. The van der Waals surface area contributed by atoms with Crippen LogP contribution in [-0.2, 0) is 4.79 Å². The monoisotopic (exact) mass is 234 g/mol. The zero-order valence-corrected chi connectivity index (χ0v) is 8.78. The Kier molecular flexibility index (Phi) is 3.10. The van der Waals surface area contributed by atoms with Crippen LogP contribution in [0, 0.1) is 0 Å². The molecule has 0 aliphatic carbocycles. The molecular formula is C10H10N4O3. The van der Waals surface area contributed by atoms with Gasteiger partial charge in [-0.05, 0) is 6.07 Å². The molecule has 0 radical (unpaired) electrons. The van der Waals surface area contributed by atoms with Crippen LogP contribution in [0.3, 0.4) is 0 Å². The highest BCUT2D eigenvalue weighted by atomic mass is 16.5. The van der Waals surface area contributed by atoms with Crippen LogP contribution in [0.25, 0.3) is 10.9 Å². The summed E-state index contributed by atoms with van der Waals surface area (Å²) in [6.45, 7) is -0.149. The molecule has 2 rings (SSSR count). The predicted molar refractivity (Wildman–Crippen MR) is 58.4 cm³/mol. The fourth-order valence-corrected chi connectivity index (χ4v) is 1.24. The Balaban J connectivity index is 2.21. The Morgan fingerprint density at radius 1 is 1.53 bits per heavy atom. The van der Waals surface area contributed by atoms with Crippen molar-refractivity contribution < 1.29 is 14.6 Å². The van der Waals surface area contributed by atoms with E-state index in [0.717, 1.165) is 0 Å². The molecule has 7 nitrogen and oxygen atoms in total. The molecular weight excluding hydrogens is 224 g/mol. The number of hydrogen-bond donors (Lipinski definition) is 2. The topological polar surface area (TPSA) is 111 Å². The number of hydrogen-bond acceptors (Lipinski definition) is 6. The number of nitrogens with zero attached hydrogens (tertiary/aromatic N) is 3. The molecule has 0 bridgehead atoms. The fourth-order valence-electron chi connectivity index (χ4n) is 1.24. The van der Waals surface area contributed by atoms with E-state index in [1.807, 2.05) is 0 Å². The number of aromatic nitrogens is 3. The number of nitrogens with two attached hydrogens (primary N) is 1. The molecule has 0 spiro atoms. The van der Waals surface area contributed by atoms with Gasteiger partial charge in [-0.2, -0.15) is 0 Å². The molecule has 0 amide bonds. The van der Waals surface area contributed by atoms with E-state index >= 15 is 0 Å². The third-order valence-corrected chi connectivity index (χ3v) is 2.12. The summed E-state index contributed by atoms with van der Waals surface area (Å²) >= 11 is 0. The van der Waals surface area contributed by atoms with Gasteiger partial charge >= 0.3 is 5.97 Å². The summed E-state index contributed by atoms with van der Waals surface area (Å²) in [6.07, 6.45) is 4.47. The number of fused-ring (bicyclic) bond motifs is 1. The van der Waals surface area contributed by atoms with E-state index in [4.69, 9.17) is 15.6 Å². The molecule has 2 heterocycles. The third-order valence-electron chi connectivity index (χ3n) is 2.12. The Morgan fingerprint density at radius 2 is 2.35 bits per heavy atom. The van der Waals surface area contributed by atoms with E-state index in [1.54, 1.807) is 18.5 Å². The highest BCUT2D eigenvalue weighted by molar-refractivity contribution is 5.82. The molecule has 0 saturated heterocycles. The zero-order valence-electron chi connectivity index (χ0n) is 8.78. The summed E-state index contributed by atoms with van der Waals surface area (Å²) in [5.41, 5.74) is 5.95. The summed E-state index contributed by atoms with van der Waals surface area (Å²) in [5, 5.41) is 9.29. The molecule has 2 aromatic heterocycles. The lowest BCUT2D eigenvalue weighted by atomic mass is 10.3. The van der Waals surface area contributed by atoms with Crippen molar-refractivity contribution in [2.75, 3.05) is 6.61 Å². The van der Waals surface area contributed by atoms with Crippen molar-refractivity contribution in [1.82, 2.24) is 15.0 Å². The molecule has 1 atom stereocenters. The number of aliphatic carboxylic acids is 1. The van der Waals surface area contributed by atoms with Crippen molar-refractivity contribution in [3.05, 3.63) is 24.8 Å². The first-order valence-electron chi connectivity index (χ1n) is 4.84. The second-order valence-corrected chi connectivity index (χ2v) is 3.33. The molecule has 88 valence electrons. The van der Waals surface area contributed by atoms with Gasteiger partial charge in [0.15, 0.2) is 0 Å². The van der Waals surface area contributed by atoms with Gasteiger partial charge in [-0.15, -0.1) is 0 Å². The lowest BCUT2D eigenvalue weighted by Gasteiger charge is -2.09. The van der Waals surface area contributed by atoms with E-state index in [0.29, 0.717) is 16.8 Å². The van der Waals surface area contributed by atoms with Gasteiger partial charge in [0.1, 0.15) is 19.0 Å². The van der Waals surface area contributed by atoms with Gasteiger partial charge in [0.05, 0.1) is 17.1 Å². The first-order chi connectivity index (χ1) is 8.18. The average Bonchev–Trinajstić information content (AvgIpc) is 2.35. The van der Waals surface area contributed by atoms with Crippen LogP contribution in [-0.4, -0.2) is 38.7 Å². The van der Waals surface area contributed by atoms with E-state index in [9.17, 15) is 4.79 Å². The third kappa shape index (κ3) is 2.45. The maximum atomic E-state index is 10.5. The molecule has 0 aliphatic heterocycles. The van der Waals surface area contributed by atoms with Gasteiger partial charge in [0.2, 0.25) is 5.88 Å². The second-order valence-electron chi connectivity index (χ2n) is 3.33. The Hall–Kier alpha value is -2.28. The molecule has 0 saturated carbocycles. The number of pyridine rings is 1. The fraction of sp³-hybridized carbons (Fsp3) is 0.200. The smallest absolute Gasteiger partial charge is 0.324 e. The first-order valence-corrected chi connectivity index (χ1v) is 4.84. The molecule has 1 unspecified atom stereocenters. The van der Waals surface area contributed by atoms with E-state index in [1.165, 1.54) is 6.33 Å². The number of carbonyl (C=O) groups is 1. The van der Waals surface area contributed by atoms with Crippen molar-refractivity contribution >= 4 is 16.9 Å². The zero-order chi connectivity index (χ0) is 12.3. The average molecular weight is 234 g/mol. The Labute approximate surface area is 96.3 Å². The quantitative estimate of drug-likeness (QED) is 0.754. The highest BCUT2D eigenvalue weighted by Crippen LogP contribution is 2.19. The maximum absolute atomic E-state index is 10.5. The number of carboxylic acid groups (broad SMARTS) is 1. The van der Waals surface area contributed by atoms with Gasteiger partial charge in [-0.3, -0.25) is 9.78 Å². The van der Waals surface area contributed by atoms with E-state index in [-0.39, 0.29) is 6.61 Å². The van der Waals surface area contributed by atoms with Crippen LogP contribution in [0.5, 0.6) is 5.88 Å². The van der Waals surface area contributed by atoms with Crippen molar-refractivity contribution in [3.63, 3.8) is 0 Å². The maximum Gasteiger partial charge on any atom is 0.324 e. The van der Waals surface area contributed by atoms with Crippen LogP contribution in [0.4, 0.5) is 0 Å². The molecule has 3 N–H and O–H groups in total. The lowest BCUT2D eigenvalue weighted by molar-refractivity contribution is -0.139. The molecule has 17 heavy (non-hydrogen) atoms. The molecule has 0 aliphatic rings. The lowest BCUT2D eigenvalue weighted by Crippen LogP contribution is -2.36. The molecule has 0 aromatic carbocycles. The van der Waals surface area contributed by atoms with Crippen LogP contribution in [0.1, 0.15) is 0 Å². The summed E-state index contributed by atoms with van der Waals surface area (Å²) in [5.74, 6) is -0.820. The standard InChI is InChI=1S/C10H10N4O3/c11-7(10(15)16)4-17-9-6-1-2-12-3-8(6)13-5-14-9/h1-3,5,7H,4,11H2,(H,15,16). The number of carboxylic acids is 1. The Bertz CT molecular complexity index is 541. The molecule has 2 aromatic rings. The van der Waals surface area contributed by atoms with Gasteiger partial charge in [-0.25, -0.2) is 9.97 Å².